The summed E-state index contributed by atoms with van der Waals surface area (Å²) in [6.45, 7) is 5.14. The van der Waals surface area contributed by atoms with Crippen molar-refractivity contribution in [1.82, 2.24) is 0 Å². The fourth-order valence-corrected chi connectivity index (χ4v) is 4.40. The number of rotatable bonds is 3. The van der Waals surface area contributed by atoms with Crippen LogP contribution in [-0.2, 0) is 13.0 Å². The number of fused-ring (bicyclic) bond motifs is 3. The summed E-state index contributed by atoms with van der Waals surface area (Å²) >= 11 is 3.56. The predicted molar refractivity (Wildman–Crippen MR) is 127 cm³/mol. The number of halogens is 1. The lowest BCUT2D eigenvalue weighted by Crippen LogP contribution is -2.32. The second-order valence-corrected chi connectivity index (χ2v) is 8.83. The average Bonchev–Trinajstić information content (AvgIpc) is 2.79. The Labute approximate surface area is 189 Å². The van der Waals surface area contributed by atoms with Crippen LogP contribution in [0.5, 0.6) is 5.75 Å². The van der Waals surface area contributed by atoms with Crippen LogP contribution in [0.25, 0.3) is 11.0 Å². The van der Waals surface area contributed by atoms with Crippen LogP contribution in [0.4, 0.5) is 5.69 Å². The smallest absolute Gasteiger partial charge is 0.340 e. The molecule has 4 nitrogen and oxygen atoms in total. The van der Waals surface area contributed by atoms with Gasteiger partial charge in [0.15, 0.2) is 6.73 Å². The zero-order valence-electron chi connectivity index (χ0n) is 17.4. The molecule has 1 aromatic heterocycles. The third-order valence-corrected chi connectivity index (χ3v) is 6.86. The van der Waals surface area contributed by atoms with Gasteiger partial charge in [0.25, 0.3) is 0 Å². The first-order valence-electron chi connectivity index (χ1n) is 10.3. The van der Waals surface area contributed by atoms with Crippen LogP contribution >= 0.6 is 15.9 Å². The fraction of sp³-hybridized carbons (Fsp3) is 0.192. The maximum atomic E-state index is 13.0. The number of anilines is 1. The van der Waals surface area contributed by atoms with E-state index in [1.807, 2.05) is 55.5 Å². The first kappa shape index (κ1) is 19.9. The van der Waals surface area contributed by atoms with Crippen molar-refractivity contribution in [1.29, 1.82) is 0 Å². The molecule has 0 atom stereocenters. The minimum Gasteiger partial charge on any atom is -0.473 e. The largest absolute Gasteiger partial charge is 0.473 e. The number of benzene rings is 3. The summed E-state index contributed by atoms with van der Waals surface area (Å²) in [6.07, 6.45) is 0.558. The van der Waals surface area contributed by atoms with Gasteiger partial charge in [0.1, 0.15) is 11.3 Å². The van der Waals surface area contributed by atoms with E-state index in [-0.39, 0.29) is 5.63 Å². The average molecular weight is 476 g/mol. The summed E-state index contributed by atoms with van der Waals surface area (Å²) in [7, 11) is 0. The maximum Gasteiger partial charge on any atom is 0.340 e. The van der Waals surface area contributed by atoms with E-state index >= 15 is 0 Å². The van der Waals surface area contributed by atoms with Crippen LogP contribution in [0.1, 0.15) is 27.8 Å². The van der Waals surface area contributed by atoms with Crippen LogP contribution < -0.4 is 15.3 Å². The second-order valence-electron chi connectivity index (χ2n) is 7.98. The molecular weight excluding hydrogens is 454 g/mol. The molecule has 0 amide bonds. The van der Waals surface area contributed by atoms with E-state index in [1.54, 1.807) is 0 Å². The molecule has 0 saturated heterocycles. The van der Waals surface area contributed by atoms with Crippen LogP contribution in [0.2, 0.25) is 0 Å². The second kappa shape index (κ2) is 7.89. The lowest BCUT2D eigenvalue weighted by Gasteiger charge is -2.31. The Hall–Kier alpha value is -3.05. The number of nitrogens with zero attached hydrogens (tertiary/aromatic N) is 1. The maximum absolute atomic E-state index is 13.0. The molecular formula is C26H22BrNO3. The van der Waals surface area contributed by atoms with Crippen molar-refractivity contribution < 1.29 is 9.15 Å². The van der Waals surface area contributed by atoms with Crippen LogP contribution in [0.15, 0.2) is 74.3 Å². The summed E-state index contributed by atoms with van der Waals surface area (Å²) in [5, 5.41) is 0.960. The van der Waals surface area contributed by atoms with E-state index in [9.17, 15) is 4.79 Å². The van der Waals surface area contributed by atoms with E-state index in [0.29, 0.717) is 30.8 Å². The number of hydrogen-bond acceptors (Lipinski definition) is 4. The molecule has 0 spiro atoms. The van der Waals surface area contributed by atoms with Crippen LogP contribution in [-0.4, -0.2) is 6.73 Å². The van der Waals surface area contributed by atoms with Gasteiger partial charge in [-0.05, 0) is 60.9 Å². The first-order chi connectivity index (χ1) is 15.0. The standard InChI is InChI=1S/C26H22BrNO3/c1-16-12-19(8-10-23(16)27)28-14-22-24(30-15-28)11-9-20-17(2)21(26(29)31-25(20)22)13-18-6-4-3-5-7-18/h3-12H,13-15H2,1-2H3. The number of aryl methyl sites for hydroxylation is 2. The zero-order chi connectivity index (χ0) is 21.5. The van der Waals surface area contributed by atoms with Crippen LogP contribution in [0.3, 0.4) is 0 Å². The molecule has 0 aliphatic carbocycles. The first-order valence-corrected chi connectivity index (χ1v) is 11.1. The highest BCUT2D eigenvalue weighted by molar-refractivity contribution is 9.10. The third kappa shape index (κ3) is 3.63. The molecule has 0 fully saturated rings. The molecule has 4 aromatic rings. The Morgan fingerprint density at radius 2 is 1.84 bits per heavy atom. The molecule has 0 N–H and O–H groups in total. The van der Waals surface area contributed by atoms with Crippen molar-refractivity contribution in [3.8, 4) is 5.75 Å². The van der Waals surface area contributed by atoms with Gasteiger partial charge in [0, 0.05) is 27.5 Å². The molecule has 0 saturated carbocycles. The molecule has 0 unspecified atom stereocenters. The minimum atomic E-state index is -0.279. The van der Waals surface area contributed by atoms with Crippen molar-refractivity contribution in [2.24, 2.45) is 0 Å². The van der Waals surface area contributed by atoms with Gasteiger partial charge in [-0.25, -0.2) is 4.79 Å². The van der Waals surface area contributed by atoms with Crippen molar-refractivity contribution in [2.45, 2.75) is 26.8 Å². The molecule has 1 aliphatic rings. The Morgan fingerprint density at radius 1 is 1.03 bits per heavy atom. The van der Waals surface area contributed by atoms with Gasteiger partial charge in [-0.2, -0.15) is 0 Å². The number of hydrogen-bond donors (Lipinski definition) is 0. The lowest BCUT2D eigenvalue weighted by molar-refractivity contribution is 0.289. The summed E-state index contributed by atoms with van der Waals surface area (Å²) in [5.41, 5.74) is 6.25. The number of ether oxygens (including phenoxy) is 1. The van der Waals surface area contributed by atoms with Crippen molar-refractivity contribution in [2.75, 3.05) is 11.6 Å². The highest BCUT2D eigenvalue weighted by Crippen LogP contribution is 2.36. The molecule has 31 heavy (non-hydrogen) atoms. The molecule has 156 valence electrons. The molecule has 2 heterocycles. The van der Waals surface area contributed by atoms with Gasteiger partial charge in [0.2, 0.25) is 0 Å². The zero-order valence-corrected chi connectivity index (χ0v) is 19.0. The Balaban J connectivity index is 1.57. The van der Waals surface area contributed by atoms with Gasteiger partial charge in [-0.1, -0.05) is 46.3 Å². The van der Waals surface area contributed by atoms with E-state index in [4.69, 9.17) is 9.15 Å². The van der Waals surface area contributed by atoms with Gasteiger partial charge >= 0.3 is 5.63 Å². The Kier molecular flexibility index (Phi) is 5.06. The van der Waals surface area contributed by atoms with E-state index < -0.39 is 0 Å². The van der Waals surface area contributed by atoms with Gasteiger partial charge in [0.05, 0.1) is 12.1 Å². The van der Waals surface area contributed by atoms with E-state index in [0.717, 1.165) is 43.5 Å². The van der Waals surface area contributed by atoms with Crippen molar-refractivity contribution >= 4 is 32.6 Å². The molecule has 0 radical (unpaired) electrons. The van der Waals surface area contributed by atoms with Crippen LogP contribution in [0, 0.1) is 13.8 Å². The van der Waals surface area contributed by atoms with E-state index in [2.05, 4.69) is 39.9 Å². The summed E-state index contributed by atoms with van der Waals surface area (Å²) in [5.74, 6) is 0.774. The normalized spacial score (nSPS) is 13.2. The third-order valence-electron chi connectivity index (χ3n) is 5.97. The highest BCUT2D eigenvalue weighted by atomic mass is 79.9. The quantitative estimate of drug-likeness (QED) is 0.334. The Morgan fingerprint density at radius 3 is 2.61 bits per heavy atom. The predicted octanol–water partition coefficient (Wildman–Crippen LogP) is 6.12. The van der Waals surface area contributed by atoms with Gasteiger partial charge in [-0.15, -0.1) is 0 Å². The summed E-state index contributed by atoms with van der Waals surface area (Å²) in [6, 6.07) is 20.2. The monoisotopic (exact) mass is 475 g/mol. The molecule has 5 heteroatoms. The van der Waals surface area contributed by atoms with Gasteiger partial charge < -0.3 is 14.1 Å². The highest BCUT2D eigenvalue weighted by Gasteiger charge is 2.24. The summed E-state index contributed by atoms with van der Waals surface area (Å²) < 4.78 is 13.0. The van der Waals surface area contributed by atoms with Crippen molar-refractivity contribution in [3.63, 3.8) is 0 Å². The molecule has 3 aromatic carbocycles. The topological polar surface area (TPSA) is 42.7 Å². The van der Waals surface area contributed by atoms with E-state index in [1.165, 1.54) is 0 Å². The molecule has 5 rings (SSSR count). The van der Waals surface area contributed by atoms with Crippen molar-refractivity contribution in [3.05, 3.63) is 103 Å². The lowest BCUT2D eigenvalue weighted by atomic mass is 9.97. The Bertz CT molecular complexity index is 1340. The minimum absolute atomic E-state index is 0.279. The van der Waals surface area contributed by atoms with Gasteiger partial charge in [-0.3, -0.25) is 0 Å². The molecule has 1 aliphatic heterocycles. The SMILES string of the molecule is Cc1cc(N2COc3ccc4c(C)c(Cc5ccccc5)c(=O)oc4c3C2)ccc1Br. The fourth-order valence-electron chi connectivity index (χ4n) is 4.16. The summed E-state index contributed by atoms with van der Waals surface area (Å²) in [4.78, 5) is 15.1. The molecule has 0 bridgehead atoms.